The van der Waals surface area contributed by atoms with E-state index >= 15 is 0 Å². The van der Waals surface area contributed by atoms with Gasteiger partial charge in [0.25, 0.3) is 0 Å². The molecule has 0 saturated carbocycles. The van der Waals surface area contributed by atoms with E-state index in [1.807, 2.05) is 0 Å². The molecule has 1 atom stereocenters. The van der Waals surface area contributed by atoms with E-state index in [-0.39, 0.29) is 13.1 Å². The molecule has 0 bridgehead atoms. The van der Waals surface area contributed by atoms with E-state index in [2.05, 4.69) is 14.7 Å². The van der Waals surface area contributed by atoms with Gasteiger partial charge in [-0.15, -0.1) is 0 Å². The van der Waals surface area contributed by atoms with Gasteiger partial charge in [-0.3, -0.25) is 10.0 Å². The standard InChI is InChI=1S/C7H13N3O6S/c1-3-10(4-2)17(13,14)7(6(11)9-12)15-5-8-16-7/h5,12H,3-4H2,1-2H3,(H,9,11). The zero-order valence-electron chi connectivity index (χ0n) is 9.28. The van der Waals surface area contributed by atoms with Gasteiger partial charge in [-0.1, -0.05) is 13.8 Å². The topological polar surface area (TPSA) is 118 Å². The zero-order chi connectivity index (χ0) is 13.1. The summed E-state index contributed by atoms with van der Waals surface area (Å²) >= 11 is 0. The smallest absolute Gasteiger partial charge is 0.416 e. The lowest BCUT2D eigenvalue weighted by molar-refractivity contribution is -0.166. The number of hydrogen-bond donors (Lipinski definition) is 2. The summed E-state index contributed by atoms with van der Waals surface area (Å²) in [7, 11) is -4.28. The molecule has 0 fully saturated rings. The predicted molar refractivity (Wildman–Crippen MR) is 55.2 cm³/mol. The lowest BCUT2D eigenvalue weighted by Crippen LogP contribution is -2.58. The van der Waals surface area contributed by atoms with Gasteiger partial charge in [0, 0.05) is 13.1 Å². The maximum atomic E-state index is 12.1. The number of nitrogens with one attached hydrogen (secondary N) is 1. The highest BCUT2D eigenvalue weighted by Gasteiger charge is 2.61. The molecule has 98 valence electrons. The maximum absolute atomic E-state index is 12.1. The van der Waals surface area contributed by atoms with Crippen molar-refractivity contribution in [2.75, 3.05) is 13.1 Å². The van der Waals surface area contributed by atoms with Crippen LogP contribution in [0.4, 0.5) is 0 Å². The Balaban J connectivity index is 3.20. The van der Waals surface area contributed by atoms with Crippen LogP contribution in [0.1, 0.15) is 13.8 Å². The van der Waals surface area contributed by atoms with Gasteiger partial charge in [0.15, 0.2) is 0 Å². The Labute approximate surface area is 98.0 Å². The average Bonchev–Trinajstić information content (AvgIpc) is 2.80. The number of carbonyl (C=O) groups excluding carboxylic acids is 1. The first-order valence-corrected chi connectivity index (χ1v) is 6.22. The van der Waals surface area contributed by atoms with Crippen LogP contribution in [0, 0.1) is 0 Å². The molecule has 10 heteroatoms. The van der Waals surface area contributed by atoms with Gasteiger partial charge in [0.1, 0.15) is 0 Å². The van der Waals surface area contributed by atoms with Gasteiger partial charge in [-0.05, 0) is 5.16 Å². The van der Waals surface area contributed by atoms with Crippen molar-refractivity contribution in [2.24, 2.45) is 5.16 Å². The third-order valence-corrected chi connectivity index (χ3v) is 4.42. The maximum Gasteiger partial charge on any atom is 0.475 e. The summed E-state index contributed by atoms with van der Waals surface area (Å²) in [6.07, 6.45) is 0.677. The molecule has 1 aliphatic rings. The molecule has 1 amide bonds. The van der Waals surface area contributed by atoms with Gasteiger partial charge in [0.2, 0.25) is 6.40 Å². The summed E-state index contributed by atoms with van der Waals surface area (Å²) in [4.78, 5) is 15.9. The summed E-state index contributed by atoms with van der Waals surface area (Å²) in [5.41, 5.74) is 1.18. The van der Waals surface area contributed by atoms with Crippen LogP contribution in [-0.2, 0) is 24.4 Å². The molecular weight excluding hydrogens is 254 g/mol. The SMILES string of the molecule is CCN(CC)S(=O)(=O)C1(C(=O)NO)OC=NO1. The van der Waals surface area contributed by atoms with E-state index in [0.29, 0.717) is 6.40 Å². The number of ether oxygens (including phenoxy) is 1. The number of sulfonamides is 1. The van der Waals surface area contributed by atoms with Crippen molar-refractivity contribution < 1.29 is 28.0 Å². The van der Waals surface area contributed by atoms with E-state index < -0.39 is 21.0 Å². The quantitative estimate of drug-likeness (QED) is 0.477. The first-order valence-electron chi connectivity index (χ1n) is 4.78. The van der Waals surface area contributed by atoms with Gasteiger partial charge < -0.3 is 9.57 Å². The van der Waals surface area contributed by atoms with Crippen molar-refractivity contribution in [1.29, 1.82) is 0 Å². The second-order valence-corrected chi connectivity index (χ2v) is 5.01. The molecule has 0 saturated heterocycles. The Morgan fingerprint density at radius 1 is 1.53 bits per heavy atom. The monoisotopic (exact) mass is 267 g/mol. The van der Waals surface area contributed by atoms with Crippen LogP contribution in [0.3, 0.4) is 0 Å². The Kier molecular flexibility index (Phi) is 3.91. The predicted octanol–water partition coefficient (Wildman–Crippen LogP) is -1.19. The van der Waals surface area contributed by atoms with E-state index in [9.17, 15) is 13.2 Å². The molecule has 1 aliphatic heterocycles. The van der Waals surface area contributed by atoms with E-state index in [0.717, 1.165) is 4.31 Å². The molecule has 0 aromatic rings. The molecule has 1 heterocycles. The largest absolute Gasteiger partial charge is 0.475 e. The van der Waals surface area contributed by atoms with Crippen molar-refractivity contribution in [3.8, 4) is 0 Å². The van der Waals surface area contributed by atoms with Gasteiger partial charge >= 0.3 is 21.0 Å². The minimum absolute atomic E-state index is 0.117. The van der Waals surface area contributed by atoms with Crippen molar-refractivity contribution in [3.05, 3.63) is 0 Å². The summed E-state index contributed by atoms with van der Waals surface area (Å²) in [5, 5.41) is 8.95. The van der Waals surface area contributed by atoms with Gasteiger partial charge in [-0.25, -0.2) is 13.9 Å². The number of nitrogens with zero attached hydrogens (tertiary/aromatic N) is 2. The Bertz CT molecular complexity index is 407. The Morgan fingerprint density at radius 3 is 2.47 bits per heavy atom. The highest BCUT2D eigenvalue weighted by Crippen LogP contribution is 2.28. The van der Waals surface area contributed by atoms with E-state index in [4.69, 9.17) is 5.21 Å². The minimum atomic E-state index is -4.28. The lowest BCUT2D eigenvalue weighted by Gasteiger charge is -2.28. The van der Waals surface area contributed by atoms with Crippen LogP contribution in [0.25, 0.3) is 0 Å². The van der Waals surface area contributed by atoms with Crippen LogP contribution in [-0.4, -0.2) is 48.4 Å². The molecule has 1 unspecified atom stereocenters. The lowest BCUT2D eigenvalue weighted by atomic mass is 10.6. The minimum Gasteiger partial charge on any atom is -0.416 e. The summed E-state index contributed by atoms with van der Waals surface area (Å²) in [5.74, 6) is -1.37. The summed E-state index contributed by atoms with van der Waals surface area (Å²) in [6.45, 7) is 3.40. The molecule has 0 spiro atoms. The second-order valence-electron chi connectivity index (χ2n) is 3.01. The van der Waals surface area contributed by atoms with Crippen molar-refractivity contribution >= 4 is 22.3 Å². The van der Waals surface area contributed by atoms with Crippen molar-refractivity contribution in [1.82, 2.24) is 9.79 Å². The number of amides is 1. The van der Waals surface area contributed by atoms with Crippen LogP contribution >= 0.6 is 0 Å². The van der Waals surface area contributed by atoms with Crippen LogP contribution < -0.4 is 5.48 Å². The number of hydrogen-bond acceptors (Lipinski definition) is 7. The van der Waals surface area contributed by atoms with Gasteiger partial charge in [-0.2, -0.15) is 4.31 Å². The highest BCUT2D eigenvalue weighted by atomic mass is 32.2. The Hall–Kier alpha value is -1.39. The molecule has 9 nitrogen and oxygen atoms in total. The number of oxime groups is 1. The third-order valence-electron chi connectivity index (χ3n) is 2.19. The fourth-order valence-electron chi connectivity index (χ4n) is 1.33. The van der Waals surface area contributed by atoms with Gasteiger partial charge in [0.05, 0.1) is 0 Å². The molecule has 0 radical (unpaired) electrons. The molecule has 1 rings (SSSR count). The molecular formula is C7H13N3O6S. The average molecular weight is 267 g/mol. The summed E-state index contributed by atoms with van der Waals surface area (Å²) < 4.78 is 29.9. The second kappa shape index (κ2) is 4.85. The number of carbonyl (C=O) groups is 1. The normalized spacial score (nSPS) is 23.3. The molecule has 0 aliphatic carbocycles. The molecule has 2 N–H and O–H groups in total. The van der Waals surface area contributed by atoms with Crippen LogP contribution in [0.2, 0.25) is 0 Å². The van der Waals surface area contributed by atoms with Crippen molar-refractivity contribution in [3.63, 3.8) is 0 Å². The first-order chi connectivity index (χ1) is 7.96. The summed E-state index contributed by atoms with van der Waals surface area (Å²) in [6, 6.07) is 0. The Morgan fingerprint density at radius 2 is 2.12 bits per heavy atom. The first kappa shape index (κ1) is 13.7. The molecule has 17 heavy (non-hydrogen) atoms. The third kappa shape index (κ3) is 1.94. The van der Waals surface area contributed by atoms with Crippen LogP contribution in [0.15, 0.2) is 5.16 Å². The van der Waals surface area contributed by atoms with Crippen LogP contribution in [0.5, 0.6) is 0 Å². The molecule has 0 aromatic carbocycles. The van der Waals surface area contributed by atoms with Crippen molar-refractivity contribution in [2.45, 2.75) is 19.0 Å². The number of rotatable bonds is 5. The van der Waals surface area contributed by atoms with E-state index in [1.165, 1.54) is 5.48 Å². The highest BCUT2D eigenvalue weighted by molar-refractivity contribution is 7.91. The zero-order valence-corrected chi connectivity index (χ0v) is 10.1. The number of hydroxylamine groups is 1. The fourth-order valence-corrected chi connectivity index (χ4v) is 2.93. The fraction of sp³-hybridized carbons (Fsp3) is 0.714. The van der Waals surface area contributed by atoms with E-state index in [1.54, 1.807) is 13.8 Å². The molecule has 0 aromatic heterocycles.